The number of amides is 1. The van der Waals surface area contributed by atoms with Gasteiger partial charge < -0.3 is 9.64 Å². The second kappa shape index (κ2) is 8.28. The average Bonchev–Trinajstić information content (AvgIpc) is 2.60. The number of sulfone groups is 1. The van der Waals surface area contributed by atoms with Crippen molar-refractivity contribution in [3.8, 4) is 0 Å². The minimum atomic E-state index is -3.35. The summed E-state index contributed by atoms with van der Waals surface area (Å²) in [4.78, 5) is 25.3. The number of benzene rings is 1. The molecular formula is C17H23NO5S. The SMILES string of the molecule is COC(=O)CCC(=O)N1CCCC(CS(=O)(=O)c2ccccc2)C1. The number of hydrogen-bond acceptors (Lipinski definition) is 5. The van der Waals surface area contributed by atoms with Crippen molar-refractivity contribution in [2.45, 2.75) is 30.6 Å². The molecule has 1 aliphatic rings. The maximum absolute atomic E-state index is 12.5. The van der Waals surface area contributed by atoms with Gasteiger partial charge in [0.25, 0.3) is 0 Å². The maximum Gasteiger partial charge on any atom is 0.306 e. The standard InChI is InChI=1S/C17H23NO5S/c1-23-17(20)10-9-16(19)18-11-5-6-14(12-18)13-24(21,22)15-7-3-2-4-8-15/h2-4,7-8,14H,5-6,9-13H2,1H3. The highest BCUT2D eigenvalue weighted by molar-refractivity contribution is 7.91. The fraction of sp³-hybridized carbons (Fsp3) is 0.529. The van der Waals surface area contributed by atoms with Gasteiger partial charge in [-0.2, -0.15) is 0 Å². The van der Waals surface area contributed by atoms with Crippen LogP contribution in [0.3, 0.4) is 0 Å². The Kier molecular flexibility index (Phi) is 6.36. The third-order valence-corrected chi connectivity index (χ3v) is 6.10. The molecule has 0 saturated carbocycles. The van der Waals surface area contributed by atoms with Crippen molar-refractivity contribution >= 4 is 21.7 Å². The van der Waals surface area contributed by atoms with Crippen molar-refractivity contribution in [2.75, 3.05) is 26.0 Å². The highest BCUT2D eigenvalue weighted by Gasteiger charge is 2.28. The molecule has 2 rings (SSSR count). The smallest absolute Gasteiger partial charge is 0.306 e. The van der Waals surface area contributed by atoms with Gasteiger partial charge >= 0.3 is 5.97 Å². The van der Waals surface area contributed by atoms with Crippen molar-refractivity contribution < 1.29 is 22.7 Å². The summed E-state index contributed by atoms with van der Waals surface area (Å²) in [6.45, 7) is 1.04. The van der Waals surface area contributed by atoms with Crippen LogP contribution in [-0.4, -0.2) is 51.1 Å². The molecule has 1 amide bonds. The lowest BCUT2D eigenvalue weighted by molar-refractivity contribution is -0.144. The highest BCUT2D eigenvalue weighted by atomic mass is 32.2. The number of hydrogen-bond donors (Lipinski definition) is 0. The van der Waals surface area contributed by atoms with E-state index >= 15 is 0 Å². The molecule has 0 N–H and O–H groups in total. The lowest BCUT2D eigenvalue weighted by atomic mass is 9.99. The zero-order valence-electron chi connectivity index (χ0n) is 13.8. The summed E-state index contributed by atoms with van der Waals surface area (Å²) in [6.07, 6.45) is 1.72. The van der Waals surface area contributed by atoms with Crippen molar-refractivity contribution in [1.29, 1.82) is 0 Å². The summed E-state index contributed by atoms with van der Waals surface area (Å²) < 4.78 is 29.5. The average molecular weight is 353 g/mol. The topological polar surface area (TPSA) is 80.8 Å². The van der Waals surface area contributed by atoms with Gasteiger partial charge in [-0.15, -0.1) is 0 Å². The van der Waals surface area contributed by atoms with Crippen molar-refractivity contribution in [3.05, 3.63) is 30.3 Å². The van der Waals surface area contributed by atoms with E-state index in [4.69, 9.17) is 0 Å². The summed E-state index contributed by atoms with van der Waals surface area (Å²) in [7, 11) is -2.06. The van der Waals surface area contributed by atoms with Gasteiger partial charge in [-0.25, -0.2) is 8.42 Å². The van der Waals surface area contributed by atoms with Crippen LogP contribution >= 0.6 is 0 Å². The number of esters is 1. The molecule has 1 heterocycles. The second-order valence-electron chi connectivity index (χ2n) is 6.02. The minimum Gasteiger partial charge on any atom is -0.469 e. The molecule has 1 aliphatic heterocycles. The fourth-order valence-electron chi connectivity index (χ4n) is 2.93. The van der Waals surface area contributed by atoms with Crippen LogP contribution in [0.2, 0.25) is 0 Å². The molecule has 6 nitrogen and oxygen atoms in total. The van der Waals surface area contributed by atoms with Gasteiger partial charge in [0.15, 0.2) is 9.84 Å². The van der Waals surface area contributed by atoms with Crippen LogP contribution in [0.15, 0.2) is 35.2 Å². The van der Waals surface area contributed by atoms with E-state index in [1.807, 2.05) is 0 Å². The molecule has 0 aromatic heterocycles. The van der Waals surface area contributed by atoms with E-state index in [0.717, 1.165) is 12.8 Å². The van der Waals surface area contributed by atoms with Crippen LogP contribution in [-0.2, 0) is 24.2 Å². The molecule has 1 unspecified atom stereocenters. The van der Waals surface area contributed by atoms with Gasteiger partial charge in [0.05, 0.1) is 24.2 Å². The molecule has 0 bridgehead atoms. The van der Waals surface area contributed by atoms with Crippen LogP contribution in [0.5, 0.6) is 0 Å². The molecule has 1 atom stereocenters. The van der Waals surface area contributed by atoms with Crippen LogP contribution in [0.25, 0.3) is 0 Å². The van der Waals surface area contributed by atoms with Crippen LogP contribution in [0.4, 0.5) is 0 Å². The number of rotatable bonds is 6. The van der Waals surface area contributed by atoms with Crippen molar-refractivity contribution in [3.63, 3.8) is 0 Å². The molecular weight excluding hydrogens is 330 g/mol. The molecule has 132 valence electrons. The number of methoxy groups -OCH3 is 1. The van der Waals surface area contributed by atoms with Crippen LogP contribution in [0, 0.1) is 5.92 Å². The zero-order valence-corrected chi connectivity index (χ0v) is 14.6. The van der Waals surface area contributed by atoms with E-state index in [2.05, 4.69) is 4.74 Å². The predicted octanol–water partition coefficient (Wildman–Crippen LogP) is 1.65. The van der Waals surface area contributed by atoms with Gasteiger partial charge in [-0.1, -0.05) is 18.2 Å². The predicted molar refractivity (Wildman–Crippen MR) is 89.0 cm³/mol. The molecule has 0 spiro atoms. The third kappa shape index (κ3) is 5.06. The number of likely N-dealkylation sites (tertiary alicyclic amines) is 1. The first-order valence-corrected chi connectivity index (χ1v) is 9.70. The molecule has 1 aromatic rings. The highest BCUT2D eigenvalue weighted by Crippen LogP contribution is 2.22. The Bertz CT molecular complexity index is 671. The first-order chi connectivity index (χ1) is 11.4. The third-order valence-electron chi connectivity index (χ3n) is 4.20. The second-order valence-corrected chi connectivity index (χ2v) is 8.05. The Balaban J connectivity index is 1.93. The Morgan fingerprint density at radius 3 is 2.58 bits per heavy atom. The minimum absolute atomic E-state index is 0.0395. The largest absolute Gasteiger partial charge is 0.469 e. The lowest BCUT2D eigenvalue weighted by Gasteiger charge is -2.32. The van der Waals surface area contributed by atoms with E-state index < -0.39 is 15.8 Å². The van der Waals surface area contributed by atoms with Crippen LogP contribution in [0.1, 0.15) is 25.7 Å². The molecule has 1 saturated heterocycles. The number of ether oxygens (including phenoxy) is 1. The fourth-order valence-corrected chi connectivity index (χ4v) is 4.59. The van der Waals surface area contributed by atoms with E-state index in [1.54, 1.807) is 35.2 Å². The summed E-state index contributed by atoms with van der Waals surface area (Å²) in [5.74, 6) is -0.575. The Hall–Kier alpha value is -1.89. The first kappa shape index (κ1) is 18.4. The van der Waals surface area contributed by atoms with Gasteiger partial charge in [0.1, 0.15) is 0 Å². The molecule has 24 heavy (non-hydrogen) atoms. The lowest BCUT2D eigenvalue weighted by Crippen LogP contribution is -2.42. The molecule has 0 aliphatic carbocycles. The van der Waals surface area contributed by atoms with Gasteiger partial charge in [-0.3, -0.25) is 9.59 Å². The number of carbonyl (C=O) groups is 2. The Labute approximate surface area is 142 Å². The van der Waals surface area contributed by atoms with Gasteiger partial charge in [-0.05, 0) is 30.9 Å². The molecule has 0 radical (unpaired) electrons. The first-order valence-electron chi connectivity index (χ1n) is 8.05. The van der Waals surface area contributed by atoms with E-state index in [0.29, 0.717) is 18.0 Å². The molecule has 7 heteroatoms. The normalized spacial score (nSPS) is 18.2. The Morgan fingerprint density at radius 2 is 1.92 bits per heavy atom. The van der Waals surface area contributed by atoms with E-state index in [1.165, 1.54) is 7.11 Å². The Morgan fingerprint density at radius 1 is 1.21 bits per heavy atom. The van der Waals surface area contributed by atoms with Crippen molar-refractivity contribution in [2.24, 2.45) is 5.92 Å². The molecule has 1 fully saturated rings. The summed E-state index contributed by atoms with van der Waals surface area (Å²) >= 11 is 0. The monoisotopic (exact) mass is 353 g/mol. The summed E-state index contributed by atoms with van der Waals surface area (Å²) in [6, 6.07) is 8.38. The number of piperidine rings is 1. The quantitative estimate of drug-likeness (QED) is 0.727. The maximum atomic E-state index is 12.5. The molecule has 1 aromatic carbocycles. The van der Waals surface area contributed by atoms with Gasteiger partial charge in [0, 0.05) is 19.5 Å². The number of nitrogens with zero attached hydrogens (tertiary/aromatic N) is 1. The van der Waals surface area contributed by atoms with E-state index in [-0.39, 0.29) is 30.4 Å². The number of carbonyl (C=O) groups excluding carboxylic acids is 2. The van der Waals surface area contributed by atoms with Crippen LogP contribution < -0.4 is 0 Å². The zero-order chi connectivity index (χ0) is 17.6. The van der Waals surface area contributed by atoms with Gasteiger partial charge in [0.2, 0.25) is 5.91 Å². The summed E-state index contributed by atoms with van der Waals surface area (Å²) in [5, 5.41) is 0. The van der Waals surface area contributed by atoms with E-state index in [9.17, 15) is 18.0 Å². The van der Waals surface area contributed by atoms with Crippen molar-refractivity contribution in [1.82, 2.24) is 4.90 Å². The summed E-state index contributed by atoms with van der Waals surface area (Å²) in [5.41, 5.74) is 0.